The number of hydrogen-bond acceptors (Lipinski definition) is 3. The van der Waals surface area contributed by atoms with Gasteiger partial charge in [-0.15, -0.1) is 24.0 Å². The van der Waals surface area contributed by atoms with Crippen molar-refractivity contribution in [2.75, 3.05) is 40.9 Å². The Kier molecular flexibility index (Phi) is 12.1. The van der Waals surface area contributed by atoms with Crippen LogP contribution in [0.4, 0.5) is 4.39 Å². The van der Waals surface area contributed by atoms with Gasteiger partial charge in [0.25, 0.3) is 0 Å². The third-order valence-corrected chi connectivity index (χ3v) is 5.49. The average Bonchev–Trinajstić information content (AvgIpc) is 3.13. The Morgan fingerprint density at radius 1 is 1.24 bits per heavy atom. The van der Waals surface area contributed by atoms with Crippen molar-refractivity contribution in [2.45, 2.75) is 52.1 Å². The van der Waals surface area contributed by atoms with Gasteiger partial charge in [0.15, 0.2) is 5.96 Å². The number of hydrogen-bond donors (Lipinski definition) is 2. The lowest BCUT2D eigenvalue weighted by Crippen LogP contribution is -2.43. The average molecular weight is 520 g/mol. The van der Waals surface area contributed by atoms with Crippen LogP contribution in [0.5, 0.6) is 0 Å². The summed E-state index contributed by atoms with van der Waals surface area (Å²) in [6.07, 6.45) is 6.16. The van der Waals surface area contributed by atoms with Crippen molar-refractivity contribution in [3.63, 3.8) is 0 Å². The largest absolute Gasteiger partial charge is 0.385 e. The highest BCUT2D eigenvalue weighted by Crippen LogP contribution is 2.40. The molecule has 0 aliphatic heterocycles. The van der Waals surface area contributed by atoms with E-state index in [9.17, 15) is 4.39 Å². The molecule has 2 N–H and O–H groups in total. The highest BCUT2D eigenvalue weighted by molar-refractivity contribution is 14.0. The van der Waals surface area contributed by atoms with Crippen LogP contribution < -0.4 is 10.6 Å². The zero-order valence-electron chi connectivity index (χ0n) is 18.4. The van der Waals surface area contributed by atoms with Crippen molar-refractivity contribution in [1.29, 1.82) is 0 Å². The zero-order valence-corrected chi connectivity index (χ0v) is 20.7. The summed E-state index contributed by atoms with van der Waals surface area (Å²) in [5, 5.41) is 6.88. The molecule has 166 valence electrons. The van der Waals surface area contributed by atoms with Crippen LogP contribution in [0.15, 0.2) is 23.2 Å². The molecule has 0 spiro atoms. The SMILES string of the molecule is CCNC(=NCc1ccc(F)c(CN(C)C)c1)NCC1(CCOC)CCCC1.I. The van der Waals surface area contributed by atoms with E-state index in [-0.39, 0.29) is 29.8 Å². The minimum atomic E-state index is -0.159. The molecule has 1 aromatic rings. The normalized spacial score (nSPS) is 16.0. The topological polar surface area (TPSA) is 48.9 Å². The van der Waals surface area contributed by atoms with E-state index in [1.807, 2.05) is 31.1 Å². The van der Waals surface area contributed by atoms with Gasteiger partial charge in [-0.2, -0.15) is 0 Å². The van der Waals surface area contributed by atoms with E-state index in [4.69, 9.17) is 9.73 Å². The maximum atomic E-state index is 14.0. The first-order valence-corrected chi connectivity index (χ1v) is 10.4. The van der Waals surface area contributed by atoms with E-state index < -0.39 is 0 Å². The Bertz CT molecular complexity index is 633. The summed E-state index contributed by atoms with van der Waals surface area (Å²) in [6, 6.07) is 5.28. The summed E-state index contributed by atoms with van der Waals surface area (Å²) in [4.78, 5) is 6.70. The summed E-state index contributed by atoms with van der Waals surface area (Å²) in [5.41, 5.74) is 2.03. The molecule has 0 aromatic heterocycles. The number of methoxy groups -OCH3 is 1. The molecular weight excluding hydrogens is 482 g/mol. The van der Waals surface area contributed by atoms with Crippen LogP contribution in [-0.4, -0.2) is 51.8 Å². The summed E-state index contributed by atoms with van der Waals surface area (Å²) in [5.74, 6) is 0.664. The molecule has 2 rings (SSSR count). The first kappa shape index (κ1) is 26.1. The lowest BCUT2D eigenvalue weighted by atomic mass is 9.83. The summed E-state index contributed by atoms with van der Waals surface area (Å²) < 4.78 is 19.3. The maximum absolute atomic E-state index is 14.0. The molecule has 0 bridgehead atoms. The lowest BCUT2D eigenvalue weighted by Gasteiger charge is -2.30. The van der Waals surface area contributed by atoms with Gasteiger partial charge < -0.3 is 20.3 Å². The predicted molar refractivity (Wildman–Crippen MR) is 129 cm³/mol. The van der Waals surface area contributed by atoms with Crippen molar-refractivity contribution in [2.24, 2.45) is 10.4 Å². The molecular formula is C22H38FIN4O. The Hall–Kier alpha value is -0.930. The van der Waals surface area contributed by atoms with Gasteiger partial charge in [-0.1, -0.05) is 18.9 Å². The van der Waals surface area contributed by atoms with Crippen molar-refractivity contribution in [3.05, 3.63) is 35.1 Å². The van der Waals surface area contributed by atoms with E-state index in [1.54, 1.807) is 13.2 Å². The Labute approximate surface area is 192 Å². The number of ether oxygens (including phenoxy) is 1. The van der Waals surface area contributed by atoms with Crippen LogP contribution in [0.25, 0.3) is 0 Å². The van der Waals surface area contributed by atoms with Crippen LogP contribution in [0.3, 0.4) is 0 Å². The molecule has 0 unspecified atom stereocenters. The highest BCUT2D eigenvalue weighted by Gasteiger charge is 2.33. The lowest BCUT2D eigenvalue weighted by molar-refractivity contribution is 0.138. The molecule has 0 atom stereocenters. The predicted octanol–water partition coefficient (Wildman–Crippen LogP) is 4.16. The number of benzene rings is 1. The van der Waals surface area contributed by atoms with Crippen molar-refractivity contribution >= 4 is 29.9 Å². The van der Waals surface area contributed by atoms with Crippen LogP contribution in [0.2, 0.25) is 0 Å². The third-order valence-electron chi connectivity index (χ3n) is 5.49. The molecule has 1 fully saturated rings. The first-order chi connectivity index (χ1) is 13.5. The fraction of sp³-hybridized carbons (Fsp3) is 0.682. The Balaban J connectivity index is 0.00000420. The van der Waals surface area contributed by atoms with E-state index >= 15 is 0 Å². The van der Waals surface area contributed by atoms with Crippen molar-refractivity contribution in [3.8, 4) is 0 Å². The quantitative estimate of drug-likeness (QED) is 0.277. The number of aliphatic imine (C=N–C) groups is 1. The Morgan fingerprint density at radius 3 is 2.59 bits per heavy atom. The van der Waals surface area contributed by atoms with Crippen molar-refractivity contribution < 1.29 is 9.13 Å². The van der Waals surface area contributed by atoms with Gasteiger partial charge in [0, 0.05) is 38.9 Å². The van der Waals surface area contributed by atoms with Crippen LogP contribution in [0, 0.1) is 11.2 Å². The molecule has 0 saturated heterocycles. The molecule has 29 heavy (non-hydrogen) atoms. The van der Waals surface area contributed by atoms with Gasteiger partial charge in [-0.05, 0) is 63.4 Å². The zero-order chi connectivity index (χ0) is 20.4. The van der Waals surface area contributed by atoms with Gasteiger partial charge >= 0.3 is 0 Å². The van der Waals surface area contributed by atoms with E-state index in [0.29, 0.717) is 24.1 Å². The number of guanidine groups is 1. The van der Waals surface area contributed by atoms with E-state index in [2.05, 4.69) is 17.6 Å². The van der Waals surface area contributed by atoms with Gasteiger partial charge in [-0.3, -0.25) is 0 Å². The second-order valence-corrected chi connectivity index (χ2v) is 8.16. The molecule has 1 saturated carbocycles. The van der Waals surface area contributed by atoms with Gasteiger partial charge in [0.05, 0.1) is 6.54 Å². The minimum absolute atomic E-state index is 0. The molecule has 0 heterocycles. The van der Waals surface area contributed by atoms with E-state index in [0.717, 1.165) is 37.6 Å². The minimum Gasteiger partial charge on any atom is -0.385 e. The molecule has 7 heteroatoms. The molecule has 0 radical (unpaired) electrons. The number of halogens is 2. The molecule has 0 amide bonds. The molecule has 1 aliphatic rings. The van der Waals surface area contributed by atoms with Gasteiger partial charge in [0.1, 0.15) is 5.82 Å². The monoisotopic (exact) mass is 520 g/mol. The standard InChI is InChI=1S/C22H37FN4O.HI/c1-5-24-21(26-17-22(12-13-28-4)10-6-7-11-22)25-15-18-8-9-20(23)19(14-18)16-27(2)3;/h8-9,14H,5-7,10-13,15-17H2,1-4H3,(H2,24,25,26);1H. The fourth-order valence-electron chi connectivity index (χ4n) is 3.93. The number of nitrogens with one attached hydrogen (secondary N) is 2. The summed E-state index contributed by atoms with van der Waals surface area (Å²) >= 11 is 0. The first-order valence-electron chi connectivity index (χ1n) is 10.4. The van der Waals surface area contributed by atoms with Gasteiger partial charge in [-0.25, -0.2) is 9.38 Å². The fourth-order valence-corrected chi connectivity index (χ4v) is 3.93. The van der Waals surface area contributed by atoms with Crippen LogP contribution >= 0.6 is 24.0 Å². The van der Waals surface area contributed by atoms with E-state index in [1.165, 1.54) is 25.7 Å². The summed E-state index contributed by atoms with van der Waals surface area (Å²) in [7, 11) is 5.66. The third kappa shape index (κ3) is 8.76. The highest BCUT2D eigenvalue weighted by atomic mass is 127. The second kappa shape index (κ2) is 13.4. The van der Waals surface area contributed by atoms with Crippen LogP contribution in [0.1, 0.15) is 50.2 Å². The molecule has 5 nitrogen and oxygen atoms in total. The summed E-state index contributed by atoms with van der Waals surface area (Å²) in [6.45, 7) is 5.72. The second-order valence-electron chi connectivity index (χ2n) is 8.16. The van der Waals surface area contributed by atoms with Crippen molar-refractivity contribution in [1.82, 2.24) is 15.5 Å². The van der Waals surface area contributed by atoms with Crippen LogP contribution in [-0.2, 0) is 17.8 Å². The molecule has 1 aromatic carbocycles. The molecule has 1 aliphatic carbocycles. The smallest absolute Gasteiger partial charge is 0.191 e. The Morgan fingerprint density at radius 2 is 1.97 bits per heavy atom. The number of rotatable bonds is 10. The van der Waals surface area contributed by atoms with Gasteiger partial charge in [0.2, 0.25) is 0 Å². The maximum Gasteiger partial charge on any atom is 0.191 e. The number of nitrogens with zero attached hydrogens (tertiary/aromatic N) is 2.